The number of nitrogens with zero attached hydrogens (tertiary/aromatic N) is 5. The lowest BCUT2D eigenvalue weighted by Gasteiger charge is -2.05. The highest BCUT2D eigenvalue weighted by molar-refractivity contribution is 9.10. The molecule has 0 aliphatic heterocycles. The second-order valence-corrected chi connectivity index (χ2v) is 4.08. The molecule has 0 atom stereocenters. The molecule has 9 heteroatoms. The number of phenols is 1. The maximum Gasteiger partial charge on any atom is 0.263 e. The second kappa shape index (κ2) is 5.00. The summed E-state index contributed by atoms with van der Waals surface area (Å²) in [6.07, 6.45) is 1.49. The molecule has 2 aromatic rings. The van der Waals surface area contributed by atoms with Gasteiger partial charge >= 0.3 is 0 Å². The smallest absolute Gasteiger partial charge is 0.263 e. The minimum atomic E-state index is 0.0246. The van der Waals surface area contributed by atoms with E-state index in [1.54, 1.807) is 12.1 Å². The molecule has 8 nitrogen and oxygen atoms in total. The number of nitrogens with two attached hydrogens (primary N) is 1. The van der Waals surface area contributed by atoms with Crippen LogP contribution in [0.5, 0.6) is 11.5 Å². The van der Waals surface area contributed by atoms with Crippen LogP contribution in [-0.4, -0.2) is 38.7 Å². The second-order valence-electron chi connectivity index (χ2n) is 3.22. The molecule has 0 radical (unpaired) electrons. The highest BCUT2D eigenvalue weighted by Crippen LogP contribution is 2.34. The Morgan fingerprint density at radius 2 is 2.33 bits per heavy atom. The lowest BCUT2D eigenvalue weighted by atomic mass is 10.2. The van der Waals surface area contributed by atoms with Gasteiger partial charge in [0.15, 0.2) is 11.5 Å². The van der Waals surface area contributed by atoms with Gasteiger partial charge in [-0.3, -0.25) is 0 Å². The molecule has 18 heavy (non-hydrogen) atoms. The number of methoxy groups -OCH3 is 1. The van der Waals surface area contributed by atoms with E-state index in [1.807, 2.05) is 0 Å². The molecule has 1 aromatic heterocycles. The van der Waals surface area contributed by atoms with Crippen LogP contribution in [0.15, 0.2) is 21.7 Å². The molecular formula is C9H9BrN6O2. The fraction of sp³-hybridized carbons (Fsp3) is 0.111. The summed E-state index contributed by atoms with van der Waals surface area (Å²) in [6.45, 7) is 0. The Morgan fingerprint density at radius 3 is 2.94 bits per heavy atom. The van der Waals surface area contributed by atoms with Gasteiger partial charge in [-0.1, -0.05) is 9.89 Å². The van der Waals surface area contributed by atoms with E-state index in [4.69, 9.17) is 10.5 Å². The van der Waals surface area contributed by atoms with Crippen molar-refractivity contribution in [1.29, 1.82) is 0 Å². The fourth-order valence-electron chi connectivity index (χ4n) is 1.22. The molecule has 0 spiro atoms. The molecule has 0 aliphatic carbocycles. The van der Waals surface area contributed by atoms with Crippen molar-refractivity contribution in [2.45, 2.75) is 0 Å². The number of anilines is 1. The lowest BCUT2D eigenvalue weighted by Crippen LogP contribution is -1.99. The van der Waals surface area contributed by atoms with Gasteiger partial charge in [-0.05, 0) is 44.1 Å². The Labute approximate surface area is 110 Å². The first-order valence-corrected chi connectivity index (χ1v) is 5.56. The number of aromatic hydroxyl groups is 1. The Kier molecular flexibility index (Phi) is 3.42. The largest absolute Gasteiger partial charge is 0.503 e. The third-order valence-electron chi connectivity index (χ3n) is 2.06. The van der Waals surface area contributed by atoms with Crippen LogP contribution >= 0.6 is 15.9 Å². The summed E-state index contributed by atoms with van der Waals surface area (Å²) < 4.78 is 5.51. The van der Waals surface area contributed by atoms with Crippen LogP contribution in [-0.2, 0) is 0 Å². The van der Waals surface area contributed by atoms with Crippen LogP contribution in [0.1, 0.15) is 5.56 Å². The Bertz CT molecular complexity index is 597. The van der Waals surface area contributed by atoms with Crippen LogP contribution in [0.3, 0.4) is 0 Å². The Morgan fingerprint density at radius 1 is 1.56 bits per heavy atom. The summed E-state index contributed by atoms with van der Waals surface area (Å²) in [4.78, 5) is 1.08. The number of rotatable bonds is 3. The van der Waals surface area contributed by atoms with Gasteiger partial charge in [0.25, 0.3) is 5.95 Å². The topological polar surface area (TPSA) is 111 Å². The molecule has 1 aromatic carbocycles. The number of ether oxygens (including phenoxy) is 1. The molecular weight excluding hydrogens is 304 g/mol. The quantitative estimate of drug-likeness (QED) is 0.803. The number of tetrazole rings is 1. The molecule has 0 bridgehead atoms. The van der Waals surface area contributed by atoms with Gasteiger partial charge in [-0.25, -0.2) is 0 Å². The van der Waals surface area contributed by atoms with Crippen LogP contribution in [0.4, 0.5) is 5.95 Å². The molecule has 0 unspecified atom stereocenters. The van der Waals surface area contributed by atoms with Crippen LogP contribution in [0.25, 0.3) is 0 Å². The van der Waals surface area contributed by atoms with Crippen molar-refractivity contribution in [3.63, 3.8) is 0 Å². The molecule has 94 valence electrons. The number of aromatic nitrogens is 4. The minimum Gasteiger partial charge on any atom is -0.503 e. The van der Waals surface area contributed by atoms with E-state index in [2.05, 4.69) is 36.6 Å². The van der Waals surface area contributed by atoms with E-state index >= 15 is 0 Å². The van der Waals surface area contributed by atoms with Gasteiger partial charge in [0.1, 0.15) is 0 Å². The van der Waals surface area contributed by atoms with E-state index in [1.165, 1.54) is 13.3 Å². The van der Waals surface area contributed by atoms with Gasteiger partial charge in [-0.2, -0.15) is 5.10 Å². The number of hydrogen-bond donors (Lipinski definition) is 2. The van der Waals surface area contributed by atoms with Crippen molar-refractivity contribution in [2.24, 2.45) is 5.10 Å². The van der Waals surface area contributed by atoms with E-state index in [0.29, 0.717) is 15.8 Å². The normalized spacial score (nSPS) is 11.0. The summed E-state index contributed by atoms with van der Waals surface area (Å²) >= 11 is 3.21. The molecule has 0 aliphatic rings. The average Bonchev–Trinajstić information content (AvgIpc) is 2.76. The van der Waals surface area contributed by atoms with Crippen LogP contribution < -0.4 is 10.5 Å². The number of phenolic OH excluding ortho intramolecular Hbond substituents is 1. The van der Waals surface area contributed by atoms with Gasteiger partial charge in [0.05, 0.1) is 17.8 Å². The van der Waals surface area contributed by atoms with Gasteiger partial charge in [-0.15, -0.1) is 0 Å². The maximum atomic E-state index is 9.64. The first-order valence-electron chi connectivity index (χ1n) is 4.76. The molecule has 0 amide bonds. The van der Waals surface area contributed by atoms with Gasteiger partial charge in [0, 0.05) is 0 Å². The predicted molar refractivity (Wildman–Crippen MR) is 67.6 cm³/mol. The SMILES string of the molecule is COc1cc(/C=N/n2nnnc2N)cc(Br)c1O. The van der Waals surface area contributed by atoms with Gasteiger partial charge < -0.3 is 15.6 Å². The van der Waals surface area contributed by atoms with Crippen LogP contribution in [0, 0.1) is 0 Å². The zero-order valence-electron chi connectivity index (χ0n) is 9.28. The summed E-state index contributed by atoms with van der Waals surface area (Å²) in [6, 6.07) is 3.28. The van der Waals surface area contributed by atoms with E-state index in [-0.39, 0.29) is 11.7 Å². The lowest BCUT2D eigenvalue weighted by molar-refractivity contribution is 0.372. The van der Waals surface area contributed by atoms with Crippen molar-refractivity contribution < 1.29 is 9.84 Å². The molecule has 2 rings (SSSR count). The Balaban J connectivity index is 2.32. The van der Waals surface area contributed by atoms with E-state index in [0.717, 1.165) is 4.79 Å². The molecule has 1 heterocycles. The van der Waals surface area contributed by atoms with Crippen molar-refractivity contribution in [2.75, 3.05) is 12.8 Å². The first-order chi connectivity index (χ1) is 8.61. The summed E-state index contributed by atoms with van der Waals surface area (Å²) in [7, 11) is 1.46. The van der Waals surface area contributed by atoms with E-state index in [9.17, 15) is 5.11 Å². The van der Waals surface area contributed by atoms with Crippen molar-refractivity contribution in [3.05, 3.63) is 22.2 Å². The minimum absolute atomic E-state index is 0.0246. The van der Waals surface area contributed by atoms with E-state index < -0.39 is 0 Å². The van der Waals surface area contributed by atoms with Crippen molar-refractivity contribution in [3.8, 4) is 11.5 Å². The fourth-order valence-corrected chi connectivity index (χ4v) is 1.68. The highest BCUT2D eigenvalue weighted by atomic mass is 79.9. The molecule has 0 saturated carbocycles. The predicted octanol–water partition coefficient (Wildman–Crippen LogP) is 0.614. The molecule has 0 fully saturated rings. The standard InChI is InChI=1S/C9H9BrN6O2/c1-18-7-3-5(2-6(10)8(7)17)4-12-16-9(11)13-14-15-16/h2-4,17H,1H3,(H2,11,13,15)/b12-4+. The number of halogens is 1. The highest BCUT2D eigenvalue weighted by Gasteiger charge is 2.07. The summed E-state index contributed by atoms with van der Waals surface area (Å²) in [5.74, 6) is 0.433. The zero-order chi connectivity index (χ0) is 13.1. The average molecular weight is 313 g/mol. The number of nitrogen functional groups attached to an aromatic ring is 1. The molecule has 0 saturated heterocycles. The first kappa shape index (κ1) is 12.3. The third-order valence-corrected chi connectivity index (χ3v) is 2.67. The molecule has 3 N–H and O–H groups in total. The van der Waals surface area contributed by atoms with Crippen molar-refractivity contribution in [1.82, 2.24) is 20.3 Å². The Hall–Kier alpha value is -2.16. The number of hydrogen-bond acceptors (Lipinski definition) is 7. The summed E-state index contributed by atoms with van der Waals surface area (Å²) in [5, 5.41) is 24.0. The third kappa shape index (κ3) is 2.40. The van der Waals surface area contributed by atoms with Crippen molar-refractivity contribution >= 4 is 28.1 Å². The van der Waals surface area contributed by atoms with Crippen LogP contribution in [0.2, 0.25) is 0 Å². The zero-order valence-corrected chi connectivity index (χ0v) is 10.9. The summed E-state index contributed by atoms with van der Waals surface area (Å²) in [5.41, 5.74) is 6.14. The monoisotopic (exact) mass is 312 g/mol. The maximum absolute atomic E-state index is 9.64. The number of benzene rings is 1. The van der Waals surface area contributed by atoms with Gasteiger partial charge in [0.2, 0.25) is 0 Å².